The molecule has 3 fully saturated rings. The number of ether oxygens (including phenoxy) is 2. The van der Waals surface area contributed by atoms with Gasteiger partial charge in [-0.2, -0.15) is 0 Å². The third-order valence-corrected chi connectivity index (χ3v) is 14.6. The summed E-state index contributed by atoms with van der Waals surface area (Å²) in [5.41, 5.74) is 4.69. The zero-order valence-electron chi connectivity index (χ0n) is 26.4. The van der Waals surface area contributed by atoms with Crippen molar-refractivity contribution in [2.45, 2.75) is 83.1 Å². The van der Waals surface area contributed by atoms with E-state index < -0.39 is 68.2 Å². The van der Waals surface area contributed by atoms with Gasteiger partial charge in [-0.1, -0.05) is 25.0 Å². The molecule has 0 amide bonds. The van der Waals surface area contributed by atoms with Crippen molar-refractivity contribution in [2.24, 2.45) is 34.5 Å². The van der Waals surface area contributed by atoms with Gasteiger partial charge >= 0.3 is 23.9 Å². The van der Waals surface area contributed by atoms with E-state index >= 15 is 0 Å². The first-order valence-electron chi connectivity index (χ1n) is 14.0. The van der Waals surface area contributed by atoms with Crippen LogP contribution in [0.5, 0.6) is 0 Å². The van der Waals surface area contributed by atoms with Crippen LogP contribution in [0.15, 0.2) is 32.1 Å². The van der Waals surface area contributed by atoms with Crippen molar-refractivity contribution >= 4 is 45.1 Å². The normalized spacial score (nSPS) is 34.1. The van der Waals surface area contributed by atoms with Gasteiger partial charge in [0, 0.05) is 30.4 Å². The Morgan fingerprint density at radius 1 is 0.548 bits per heavy atom. The molecule has 6 aliphatic rings. The Labute approximate surface area is 252 Å². The van der Waals surface area contributed by atoms with E-state index in [1.807, 2.05) is 39.0 Å². The standard InChI is InChI=1S/C16H16O6.C8H12O2S.C8H12S/c1-5-6(2)16(4)9-7(11(17)21-13(9)19)15(5,3)8-10(16)14(20)22-12(8)18;1-5-6(2)8(4)11(9,10)7(5)3;1-5-6(2)8(4)9-7(5)3/h7-10H,1-4H3;1-4H3;1-4H3. The molecule has 10 heteroatoms. The lowest BCUT2D eigenvalue weighted by atomic mass is 9.38. The minimum atomic E-state index is -3.04. The smallest absolute Gasteiger partial charge is 0.318 e. The largest absolute Gasteiger partial charge is 0.393 e. The Hall–Kier alpha value is -2.85. The number of hydrogen-bond donors (Lipinski definition) is 0. The van der Waals surface area contributed by atoms with E-state index in [0.29, 0.717) is 9.81 Å². The first kappa shape index (κ1) is 32.1. The van der Waals surface area contributed by atoms with E-state index in [9.17, 15) is 27.6 Å². The zero-order chi connectivity index (χ0) is 32.0. The van der Waals surface area contributed by atoms with Crippen molar-refractivity contribution in [2.75, 3.05) is 0 Å². The van der Waals surface area contributed by atoms with Crippen LogP contribution >= 0.6 is 11.3 Å². The maximum absolute atomic E-state index is 12.3. The summed E-state index contributed by atoms with van der Waals surface area (Å²) in [6.07, 6.45) is 0. The van der Waals surface area contributed by atoms with E-state index in [2.05, 4.69) is 27.7 Å². The zero-order valence-corrected chi connectivity index (χ0v) is 28.0. The molecule has 228 valence electrons. The maximum Gasteiger partial charge on any atom is 0.318 e. The number of carbonyl (C=O) groups is 4. The topological polar surface area (TPSA) is 121 Å². The molecular formula is C32H40O8S2. The predicted octanol–water partition coefficient (Wildman–Crippen LogP) is 5.98. The number of thiophene rings is 1. The van der Waals surface area contributed by atoms with Crippen LogP contribution in [0, 0.1) is 62.2 Å². The fourth-order valence-electron chi connectivity index (χ4n) is 7.56. The van der Waals surface area contributed by atoms with Gasteiger partial charge in [0.25, 0.3) is 0 Å². The molecular weight excluding hydrogens is 576 g/mol. The summed E-state index contributed by atoms with van der Waals surface area (Å²) in [5.74, 6) is -5.30. The Morgan fingerprint density at radius 3 is 0.976 bits per heavy atom. The second-order valence-electron chi connectivity index (χ2n) is 12.5. The van der Waals surface area contributed by atoms with Crippen LogP contribution in [-0.2, 0) is 38.5 Å². The summed E-state index contributed by atoms with van der Waals surface area (Å²) in [6, 6.07) is 0. The Kier molecular flexibility index (Phi) is 7.72. The fraction of sp³-hybridized carbons (Fsp3) is 0.562. The quantitative estimate of drug-likeness (QED) is 0.198. The lowest BCUT2D eigenvalue weighted by Crippen LogP contribution is -2.64. The SMILES string of the molecule is CC1=C(C)C2(C)C3C(=O)OC(=O)C3C1(C)C1C(=O)OC(=O)C12.CC1=C(C)S(=O)(=O)C(C)=C1C.Cc1sc(C)c(C)c1C. The molecule has 3 aliphatic heterocycles. The molecule has 1 aromatic rings. The van der Waals surface area contributed by atoms with Gasteiger partial charge in [-0.05, 0) is 91.5 Å². The highest BCUT2D eigenvalue weighted by Gasteiger charge is 2.79. The highest BCUT2D eigenvalue weighted by atomic mass is 32.2. The molecule has 42 heavy (non-hydrogen) atoms. The molecule has 8 nitrogen and oxygen atoms in total. The summed E-state index contributed by atoms with van der Waals surface area (Å²) >= 11 is 1.90. The van der Waals surface area contributed by atoms with Gasteiger partial charge < -0.3 is 9.47 Å². The maximum atomic E-state index is 12.3. The van der Waals surface area contributed by atoms with Gasteiger partial charge in [0.2, 0.25) is 0 Å². The van der Waals surface area contributed by atoms with E-state index in [1.165, 1.54) is 20.9 Å². The first-order valence-corrected chi connectivity index (χ1v) is 16.3. The molecule has 4 atom stereocenters. The fourth-order valence-corrected chi connectivity index (χ4v) is 10.2. The van der Waals surface area contributed by atoms with Gasteiger partial charge in [0.15, 0.2) is 9.84 Å². The summed E-state index contributed by atoms with van der Waals surface area (Å²) in [7, 11) is -3.04. The molecule has 7 rings (SSSR count). The summed E-state index contributed by atoms with van der Waals surface area (Å²) < 4.78 is 32.6. The summed E-state index contributed by atoms with van der Waals surface area (Å²) in [6.45, 7) is 23.0. The van der Waals surface area contributed by atoms with Crippen LogP contribution in [0.25, 0.3) is 0 Å². The summed E-state index contributed by atoms with van der Waals surface area (Å²) in [4.78, 5) is 53.1. The van der Waals surface area contributed by atoms with Crippen molar-refractivity contribution in [3.63, 3.8) is 0 Å². The minimum absolute atomic E-state index is 0.507. The van der Waals surface area contributed by atoms with Crippen LogP contribution in [0.2, 0.25) is 0 Å². The monoisotopic (exact) mass is 616 g/mol. The van der Waals surface area contributed by atoms with Gasteiger partial charge in [0.1, 0.15) is 0 Å². The molecule has 4 heterocycles. The Balaban J connectivity index is 0.000000169. The highest BCUT2D eigenvalue weighted by Crippen LogP contribution is 2.72. The van der Waals surface area contributed by atoms with Crippen molar-refractivity contribution < 1.29 is 37.1 Å². The minimum Gasteiger partial charge on any atom is -0.393 e. The van der Waals surface area contributed by atoms with Crippen LogP contribution in [0.3, 0.4) is 0 Å². The van der Waals surface area contributed by atoms with E-state index in [-0.39, 0.29) is 0 Å². The third kappa shape index (κ3) is 4.08. The summed E-state index contributed by atoms with van der Waals surface area (Å²) in [5, 5.41) is 0. The molecule has 2 saturated heterocycles. The first-order chi connectivity index (χ1) is 19.2. The number of sulfone groups is 1. The lowest BCUT2D eigenvalue weighted by Gasteiger charge is -2.60. The molecule has 0 spiro atoms. The van der Waals surface area contributed by atoms with Crippen molar-refractivity contribution in [1.82, 2.24) is 0 Å². The highest BCUT2D eigenvalue weighted by molar-refractivity contribution is 7.99. The third-order valence-electron chi connectivity index (χ3n) is 11.2. The molecule has 0 aromatic carbocycles. The molecule has 1 saturated carbocycles. The van der Waals surface area contributed by atoms with Gasteiger partial charge in [0.05, 0.1) is 23.7 Å². The van der Waals surface area contributed by atoms with Gasteiger partial charge in [-0.3, -0.25) is 19.2 Å². The van der Waals surface area contributed by atoms with Gasteiger partial charge in [-0.25, -0.2) is 8.42 Å². The number of rotatable bonds is 0. The number of esters is 4. The molecule has 4 unspecified atom stereocenters. The van der Waals surface area contributed by atoms with E-state index in [0.717, 1.165) is 22.3 Å². The van der Waals surface area contributed by atoms with Crippen LogP contribution in [0.4, 0.5) is 0 Å². The van der Waals surface area contributed by atoms with Gasteiger partial charge in [-0.15, -0.1) is 11.3 Å². The number of aryl methyl sites for hydroxylation is 2. The van der Waals surface area contributed by atoms with Crippen LogP contribution in [-0.4, -0.2) is 32.3 Å². The van der Waals surface area contributed by atoms with Crippen molar-refractivity contribution in [3.05, 3.63) is 53.0 Å². The van der Waals surface area contributed by atoms with E-state index in [1.54, 1.807) is 27.7 Å². The second-order valence-corrected chi connectivity index (χ2v) is 16.2. The van der Waals surface area contributed by atoms with Crippen LogP contribution < -0.4 is 0 Å². The Bertz CT molecular complexity index is 1510. The number of cyclic esters (lactones) is 4. The second kappa shape index (κ2) is 10.1. The van der Waals surface area contributed by atoms with Crippen LogP contribution in [0.1, 0.15) is 76.3 Å². The number of carbonyl (C=O) groups excluding carboxylic acids is 4. The molecule has 0 N–H and O–H groups in total. The predicted molar refractivity (Wildman–Crippen MR) is 160 cm³/mol. The number of allylic oxidation sites excluding steroid dienone is 6. The average Bonchev–Trinajstić information content (AvgIpc) is 3.53. The molecule has 2 bridgehead atoms. The number of hydrogen-bond acceptors (Lipinski definition) is 9. The van der Waals surface area contributed by atoms with E-state index in [4.69, 9.17) is 9.47 Å². The molecule has 1 aromatic heterocycles. The lowest BCUT2D eigenvalue weighted by molar-refractivity contribution is -0.158. The van der Waals surface area contributed by atoms with Crippen molar-refractivity contribution in [3.8, 4) is 0 Å². The Morgan fingerprint density at radius 2 is 0.810 bits per heavy atom. The van der Waals surface area contributed by atoms with Crippen molar-refractivity contribution in [1.29, 1.82) is 0 Å². The molecule has 0 radical (unpaired) electrons. The molecule has 3 aliphatic carbocycles. The average molecular weight is 617 g/mol.